The van der Waals surface area contributed by atoms with Gasteiger partial charge in [0.2, 0.25) is 0 Å². The second-order valence-corrected chi connectivity index (χ2v) is 5.12. The molecule has 0 radical (unpaired) electrons. The third kappa shape index (κ3) is 3.30. The maximum absolute atomic E-state index is 12.9. The third-order valence-corrected chi connectivity index (χ3v) is 3.53. The lowest BCUT2D eigenvalue weighted by atomic mass is 10.1. The minimum Gasteiger partial charge on any atom is -0.497 e. The van der Waals surface area contributed by atoms with E-state index in [1.54, 1.807) is 24.3 Å². The Hall–Kier alpha value is -3.34. The molecule has 0 saturated carbocycles. The lowest BCUT2D eigenvalue weighted by molar-refractivity contribution is -0.137. The van der Waals surface area contributed by atoms with Gasteiger partial charge < -0.3 is 4.74 Å². The van der Waals surface area contributed by atoms with Crippen LogP contribution in [-0.4, -0.2) is 22.1 Å². The van der Waals surface area contributed by atoms with Gasteiger partial charge in [-0.1, -0.05) is 17.3 Å². The Morgan fingerprint density at radius 2 is 1.92 bits per heavy atom. The topological polar surface area (TPSA) is 63.7 Å². The number of rotatable bonds is 3. The van der Waals surface area contributed by atoms with Crippen LogP contribution in [0.25, 0.3) is 22.8 Å². The number of hydrogen-bond donors (Lipinski definition) is 0. The second kappa shape index (κ2) is 6.28. The summed E-state index contributed by atoms with van der Waals surface area (Å²) in [6.07, 6.45) is -2.98. The third-order valence-electron chi connectivity index (χ3n) is 3.53. The minimum atomic E-state index is -4.49. The first-order chi connectivity index (χ1) is 11.9. The average molecular weight is 344 g/mol. The van der Waals surface area contributed by atoms with Crippen LogP contribution in [-0.2, 0) is 6.18 Å². The summed E-state index contributed by atoms with van der Waals surface area (Å²) in [5.74, 6) is 0.650. The number of nitrogens with zero attached hydrogens (tertiary/aromatic N) is 4. The molecule has 0 spiro atoms. The van der Waals surface area contributed by atoms with E-state index in [0.717, 1.165) is 16.8 Å². The number of methoxy groups -OCH3 is 1. The summed E-state index contributed by atoms with van der Waals surface area (Å²) < 4.78 is 44.9. The van der Waals surface area contributed by atoms with Crippen LogP contribution in [0.2, 0.25) is 0 Å². The predicted octanol–water partition coefficient (Wildman–Crippen LogP) is 3.98. The van der Waals surface area contributed by atoms with Crippen LogP contribution in [0.1, 0.15) is 11.1 Å². The minimum absolute atomic E-state index is 0.0481. The number of nitriles is 1. The largest absolute Gasteiger partial charge is 0.497 e. The van der Waals surface area contributed by atoms with Crippen molar-refractivity contribution in [2.24, 2.45) is 0 Å². The summed E-state index contributed by atoms with van der Waals surface area (Å²) >= 11 is 0. The molecule has 1 aromatic heterocycles. The van der Waals surface area contributed by atoms with E-state index in [0.29, 0.717) is 11.3 Å². The molecule has 3 rings (SSSR count). The number of hydrogen-bond acceptors (Lipinski definition) is 4. The van der Waals surface area contributed by atoms with Crippen LogP contribution in [0, 0.1) is 11.3 Å². The highest BCUT2D eigenvalue weighted by Crippen LogP contribution is 2.31. The number of allylic oxidation sites excluding steroid dienone is 1. The van der Waals surface area contributed by atoms with E-state index in [4.69, 9.17) is 4.74 Å². The number of alkyl halides is 3. The Bertz CT molecular complexity index is 982. The maximum Gasteiger partial charge on any atom is 0.416 e. The van der Waals surface area contributed by atoms with Gasteiger partial charge in [-0.3, -0.25) is 0 Å². The molecule has 2 aromatic carbocycles. The lowest BCUT2D eigenvalue weighted by Gasteiger charge is -2.07. The Kier molecular flexibility index (Phi) is 4.15. The molecule has 0 amide bonds. The van der Waals surface area contributed by atoms with Gasteiger partial charge in [0.05, 0.1) is 18.2 Å². The molecule has 0 aliphatic carbocycles. The zero-order chi connectivity index (χ0) is 18.0. The number of halogens is 3. The molecular weight excluding hydrogens is 333 g/mol. The first-order valence-corrected chi connectivity index (χ1v) is 7.11. The number of benzene rings is 2. The molecule has 25 heavy (non-hydrogen) atoms. The first-order valence-electron chi connectivity index (χ1n) is 7.11. The quantitative estimate of drug-likeness (QED) is 0.674. The summed E-state index contributed by atoms with van der Waals surface area (Å²) in [4.78, 5) is 0. The van der Waals surface area contributed by atoms with E-state index in [-0.39, 0.29) is 16.7 Å². The van der Waals surface area contributed by atoms with Crippen molar-refractivity contribution in [2.75, 3.05) is 7.11 Å². The molecule has 0 bridgehead atoms. The monoisotopic (exact) mass is 344 g/mol. The molecule has 0 aliphatic rings. The van der Waals surface area contributed by atoms with E-state index in [9.17, 15) is 18.4 Å². The van der Waals surface area contributed by atoms with Gasteiger partial charge >= 0.3 is 6.18 Å². The Morgan fingerprint density at radius 3 is 2.52 bits per heavy atom. The van der Waals surface area contributed by atoms with Gasteiger partial charge in [-0.15, -0.1) is 5.10 Å². The smallest absolute Gasteiger partial charge is 0.416 e. The molecule has 5 nitrogen and oxygen atoms in total. The van der Waals surface area contributed by atoms with Crippen molar-refractivity contribution in [1.82, 2.24) is 15.0 Å². The second-order valence-electron chi connectivity index (χ2n) is 5.12. The molecule has 126 valence electrons. The Balaban J connectivity index is 2.08. The van der Waals surface area contributed by atoms with Gasteiger partial charge in [0.25, 0.3) is 0 Å². The SMILES string of the molecule is COc1ccc(/C=C(\C#N)n2nnc3ccc(C(F)(F)F)cc32)cc1. The van der Waals surface area contributed by atoms with Crippen molar-refractivity contribution in [3.05, 3.63) is 53.6 Å². The van der Waals surface area contributed by atoms with Gasteiger partial charge in [0.1, 0.15) is 23.0 Å². The highest BCUT2D eigenvalue weighted by atomic mass is 19.4. The summed E-state index contributed by atoms with van der Waals surface area (Å²) in [5.41, 5.74) is 0.269. The van der Waals surface area contributed by atoms with Crippen LogP contribution in [0.15, 0.2) is 42.5 Å². The fourth-order valence-electron chi connectivity index (χ4n) is 2.27. The van der Waals surface area contributed by atoms with Gasteiger partial charge in [0, 0.05) is 0 Å². The molecule has 3 aromatic rings. The number of fused-ring (bicyclic) bond motifs is 1. The van der Waals surface area contributed by atoms with Crippen LogP contribution in [0.5, 0.6) is 5.75 Å². The van der Waals surface area contributed by atoms with Crippen molar-refractivity contribution >= 4 is 22.8 Å². The lowest BCUT2D eigenvalue weighted by Crippen LogP contribution is -2.05. The highest BCUT2D eigenvalue weighted by Gasteiger charge is 2.31. The fraction of sp³-hybridized carbons (Fsp3) is 0.118. The maximum atomic E-state index is 12.9. The molecular formula is C17H11F3N4O. The van der Waals surface area contributed by atoms with Crippen LogP contribution in [0.3, 0.4) is 0 Å². The molecule has 8 heteroatoms. The normalized spacial score (nSPS) is 12.2. The number of ether oxygens (including phenoxy) is 1. The van der Waals surface area contributed by atoms with Gasteiger partial charge in [-0.25, -0.2) is 4.68 Å². The van der Waals surface area contributed by atoms with Crippen molar-refractivity contribution in [3.63, 3.8) is 0 Å². The van der Waals surface area contributed by atoms with Crippen LogP contribution >= 0.6 is 0 Å². The van der Waals surface area contributed by atoms with E-state index in [1.807, 2.05) is 6.07 Å². The van der Waals surface area contributed by atoms with Gasteiger partial charge in [0.15, 0.2) is 0 Å². The van der Waals surface area contributed by atoms with Gasteiger partial charge in [-0.2, -0.15) is 18.4 Å². The first kappa shape index (κ1) is 16.5. The van der Waals surface area contributed by atoms with Crippen molar-refractivity contribution in [1.29, 1.82) is 5.26 Å². The predicted molar refractivity (Wildman–Crippen MR) is 85.3 cm³/mol. The van der Waals surface area contributed by atoms with Crippen molar-refractivity contribution < 1.29 is 17.9 Å². The van der Waals surface area contributed by atoms with E-state index in [2.05, 4.69) is 10.3 Å². The molecule has 0 saturated heterocycles. The summed E-state index contributed by atoms with van der Waals surface area (Å²) in [6.45, 7) is 0. The molecule has 0 N–H and O–H groups in total. The zero-order valence-electron chi connectivity index (χ0n) is 12.9. The molecule has 1 heterocycles. The summed E-state index contributed by atoms with van der Waals surface area (Å²) in [5, 5.41) is 17.0. The number of aromatic nitrogens is 3. The van der Waals surface area contributed by atoms with E-state index < -0.39 is 11.7 Å². The van der Waals surface area contributed by atoms with Crippen molar-refractivity contribution in [3.8, 4) is 11.8 Å². The Morgan fingerprint density at radius 1 is 1.20 bits per heavy atom. The standard InChI is InChI=1S/C17H11F3N4O/c1-25-14-5-2-11(3-6-14)8-13(10-21)24-16-9-12(17(18,19)20)4-7-15(16)22-23-24/h2-9H,1H3/b13-8+. The highest BCUT2D eigenvalue weighted by molar-refractivity contribution is 5.86. The van der Waals surface area contributed by atoms with Gasteiger partial charge in [-0.05, 0) is 42.0 Å². The summed E-state index contributed by atoms with van der Waals surface area (Å²) in [7, 11) is 1.53. The van der Waals surface area contributed by atoms with Crippen LogP contribution in [0.4, 0.5) is 13.2 Å². The Labute approximate surface area is 140 Å². The molecule has 0 aliphatic heterocycles. The summed E-state index contributed by atoms with van der Waals surface area (Å²) in [6, 6.07) is 11.9. The van der Waals surface area contributed by atoms with E-state index >= 15 is 0 Å². The zero-order valence-corrected chi connectivity index (χ0v) is 12.9. The van der Waals surface area contributed by atoms with Crippen LogP contribution < -0.4 is 4.74 Å². The molecule has 0 atom stereocenters. The molecule has 0 unspecified atom stereocenters. The van der Waals surface area contributed by atoms with Crippen molar-refractivity contribution in [2.45, 2.75) is 6.18 Å². The average Bonchev–Trinajstić information content (AvgIpc) is 3.02. The fourth-order valence-corrected chi connectivity index (χ4v) is 2.27. The molecule has 0 fully saturated rings. The van der Waals surface area contributed by atoms with E-state index in [1.165, 1.54) is 19.3 Å².